The summed E-state index contributed by atoms with van der Waals surface area (Å²) in [5, 5.41) is 2.96. The number of amides is 2. The average molecular weight is 387 g/mol. The maximum Gasteiger partial charge on any atom is 0.321 e. The minimum absolute atomic E-state index is 0.0332. The Morgan fingerprint density at radius 3 is 2.17 bits per heavy atom. The lowest BCUT2D eigenvalue weighted by Crippen LogP contribution is -2.49. The van der Waals surface area contributed by atoms with E-state index in [1.807, 2.05) is 77.7 Å². The van der Waals surface area contributed by atoms with Crippen LogP contribution >= 0.6 is 0 Å². The first-order chi connectivity index (χ1) is 14.3. The predicted octanol–water partition coefficient (Wildman–Crippen LogP) is 4.83. The summed E-state index contributed by atoms with van der Waals surface area (Å²) in [6, 6.07) is 27.6. The van der Waals surface area contributed by atoms with Gasteiger partial charge in [-0.25, -0.2) is 4.79 Å². The van der Waals surface area contributed by atoms with Crippen LogP contribution in [-0.4, -0.2) is 42.0 Å². The highest BCUT2D eigenvalue weighted by Crippen LogP contribution is 2.22. The van der Waals surface area contributed by atoms with Crippen molar-refractivity contribution in [2.75, 3.05) is 31.5 Å². The van der Waals surface area contributed by atoms with Crippen LogP contribution in [0.3, 0.4) is 0 Å². The molecule has 1 saturated heterocycles. The number of urea groups is 1. The van der Waals surface area contributed by atoms with Crippen molar-refractivity contribution in [1.29, 1.82) is 0 Å². The average Bonchev–Trinajstić information content (AvgIpc) is 2.76. The molecule has 0 bridgehead atoms. The van der Waals surface area contributed by atoms with Crippen molar-refractivity contribution in [2.24, 2.45) is 0 Å². The molecule has 0 saturated carbocycles. The van der Waals surface area contributed by atoms with Crippen LogP contribution in [0.25, 0.3) is 0 Å². The molecule has 0 aromatic heterocycles. The normalized spacial score (nSPS) is 14.4. The van der Waals surface area contributed by atoms with Crippen molar-refractivity contribution < 1.29 is 9.53 Å². The van der Waals surface area contributed by atoms with E-state index in [0.717, 1.165) is 49.9 Å². The zero-order valence-corrected chi connectivity index (χ0v) is 16.3. The topological polar surface area (TPSA) is 44.8 Å². The van der Waals surface area contributed by atoms with Gasteiger partial charge in [-0.1, -0.05) is 48.5 Å². The van der Waals surface area contributed by atoms with Crippen LogP contribution in [0.4, 0.5) is 10.5 Å². The van der Waals surface area contributed by atoms with Gasteiger partial charge in [-0.15, -0.1) is 0 Å². The van der Waals surface area contributed by atoms with Gasteiger partial charge in [-0.3, -0.25) is 4.90 Å². The van der Waals surface area contributed by atoms with Gasteiger partial charge >= 0.3 is 6.03 Å². The molecule has 0 spiro atoms. The Kier molecular flexibility index (Phi) is 6.07. The van der Waals surface area contributed by atoms with Crippen molar-refractivity contribution in [3.63, 3.8) is 0 Å². The monoisotopic (exact) mass is 387 g/mol. The third kappa shape index (κ3) is 5.36. The zero-order chi connectivity index (χ0) is 19.9. The Hall–Kier alpha value is -3.31. The predicted molar refractivity (Wildman–Crippen MR) is 115 cm³/mol. The van der Waals surface area contributed by atoms with Gasteiger partial charge in [0.05, 0.1) is 0 Å². The van der Waals surface area contributed by atoms with Gasteiger partial charge in [0, 0.05) is 38.4 Å². The molecule has 0 unspecified atom stereocenters. The lowest BCUT2D eigenvalue weighted by molar-refractivity contribution is 0.143. The third-order valence-electron chi connectivity index (χ3n) is 4.97. The van der Waals surface area contributed by atoms with E-state index in [1.165, 1.54) is 5.56 Å². The molecule has 0 radical (unpaired) electrons. The highest BCUT2D eigenvalue weighted by atomic mass is 16.5. The van der Waals surface area contributed by atoms with E-state index < -0.39 is 0 Å². The molecular weight excluding hydrogens is 362 g/mol. The van der Waals surface area contributed by atoms with Crippen LogP contribution in [0, 0.1) is 0 Å². The Labute approximate surface area is 171 Å². The molecule has 2 amide bonds. The fraction of sp³-hybridized carbons (Fsp3) is 0.208. The van der Waals surface area contributed by atoms with Gasteiger partial charge in [-0.05, 0) is 42.0 Å². The van der Waals surface area contributed by atoms with E-state index in [0.29, 0.717) is 0 Å². The minimum atomic E-state index is -0.0332. The molecule has 1 fully saturated rings. The van der Waals surface area contributed by atoms with Gasteiger partial charge < -0.3 is 15.0 Å². The molecule has 5 heteroatoms. The van der Waals surface area contributed by atoms with Crippen LogP contribution in [0.5, 0.6) is 11.5 Å². The van der Waals surface area contributed by atoms with Crippen molar-refractivity contribution in [3.8, 4) is 11.5 Å². The summed E-state index contributed by atoms with van der Waals surface area (Å²) in [5.74, 6) is 1.68. The zero-order valence-electron chi connectivity index (χ0n) is 16.3. The molecule has 1 N–H and O–H groups in total. The van der Waals surface area contributed by atoms with E-state index in [-0.39, 0.29) is 6.03 Å². The quantitative estimate of drug-likeness (QED) is 0.682. The maximum absolute atomic E-state index is 12.4. The molecule has 1 aliphatic heterocycles. The molecule has 3 aromatic rings. The third-order valence-corrected chi connectivity index (χ3v) is 4.97. The summed E-state index contributed by atoms with van der Waals surface area (Å²) in [6.45, 7) is 4.00. The van der Waals surface area contributed by atoms with E-state index in [1.54, 1.807) is 0 Å². The smallest absolute Gasteiger partial charge is 0.321 e. The molecule has 4 rings (SSSR count). The van der Waals surface area contributed by atoms with Gasteiger partial charge in [0.2, 0.25) is 0 Å². The number of carbonyl (C=O) groups excluding carboxylic acids is 1. The number of piperazine rings is 1. The summed E-state index contributed by atoms with van der Waals surface area (Å²) in [4.78, 5) is 16.7. The second kappa shape index (κ2) is 9.26. The van der Waals surface area contributed by atoms with E-state index >= 15 is 0 Å². The van der Waals surface area contributed by atoms with Crippen molar-refractivity contribution in [2.45, 2.75) is 6.54 Å². The lowest BCUT2D eigenvalue weighted by atomic mass is 10.2. The van der Waals surface area contributed by atoms with Crippen molar-refractivity contribution in [1.82, 2.24) is 9.80 Å². The molecular formula is C24H25N3O2. The van der Waals surface area contributed by atoms with Gasteiger partial charge in [0.1, 0.15) is 11.5 Å². The Morgan fingerprint density at radius 2 is 1.45 bits per heavy atom. The Morgan fingerprint density at radius 1 is 0.793 bits per heavy atom. The van der Waals surface area contributed by atoms with Gasteiger partial charge in [-0.2, -0.15) is 0 Å². The summed E-state index contributed by atoms with van der Waals surface area (Å²) in [5.41, 5.74) is 2.04. The molecule has 1 heterocycles. The number of rotatable bonds is 5. The molecule has 0 atom stereocenters. The first kappa shape index (κ1) is 19.0. The standard InChI is InChI=1S/C24H25N3O2/c28-24(25-21-9-3-1-4-10-21)27-16-14-26(15-17-27)19-20-8-7-13-23(18-20)29-22-11-5-2-6-12-22/h1-13,18H,14-17,19H2,(H,25,28). The highest BCUT2D eigenvalue weighted by Gasteiger charge is 2.21. The highest BCUT2D eigenvalue weighted by molar-refractivity contribution is 5.89. The number of hydrogen-bond acceptors (Lipinski definition) is 3. The van der Waals surface area contributed by atoms with Gasteiger partial charge in [0.15, 0.2) is 0 Å². The molecule has 29 heavy (non-hydrogen) atoms. The van der Waals surface area contributed by atoms with Crippen LogP contribution in [0.15, 0.2) is 84.9 Å². The van der Waals surface area contributed by atoms with Crippen LogP contribution in [-0.2, 0) is 6.54 Å². The molecule has 148 valence electrons. The number of ether oxygens (including phenoxy) is 1. The summed E-state index contributed by atoms with van der Waals surface area (Å²) in [7, 11) is 0. The van der Waals surface area contributed by atoms with Crippen LogP contribution in [0.1, 0.15) is 5.56 Å². The van der Waals surface area contributed by atoms with Crippen LogP contribution < -0.4 is 10.1 Å². The lowest BCUT2D eigenvalue weighted by Gasteiger charge is -2.34. The first-order valence-corrected chi connectivity index (χ1v) is 9.91. The number of nitrogens with zero attached hydrogens (tertiary/aromatic N) is 2. The van der Waals surface area contributed by atoms with Crippen molar-refractivity contribution in [3.05, 3.63) is 90.5 Å². The van der Waals surface area contributed by atoms with E-state index in [9.17, 15) is 4.79 Å². The SMILES string of the molecule is O=C(Nc1ccccc1)N1CCN(Cc2cccc(Oc3ccccc3)c2)CC1. The molecule has 5 nitrogen and oxygen atoms in total. The molecule has 1 aliphatic rings. The van der Waals surface area contributed by atoms with Gasteiger partial charge in [0.25, 0.3) is 0 Å². The first-order valence-electron chi connectivity index (χ1n) is 9.91. The Bertz CT molecular complexity index is 923. The summed E-state index contributed by atoms with van der Waals surface area (Å²) < 4.78 is 5.93. The molecule has 0 aliphatic carbocycles. The number of hydrogen-bond donors (Lipinski definition) is 1. The number of carbonyl (C=O) groups is 1. The fourth-order valence-corrected chi connectivity index (χ4v) is 3.42. The summed E-state index contributed by atoms with van der Waals surface area (Å²) in [6.07, 6.45) is 0. The second-order valence-corrected chi connectivity index (χ2v) is 7.12. The van der Waals surface area contributed by atoms with E-state index in [4.69, 9.17) is 4.74 Å². The number of para-hydroxylation sites is 2. The molecule has 3 aromatic carbocycles. The van der Waals surface area contributed by atoms with Crippen molar-refractivity contribution >= 4 is 11.7 Å². The fourth-order valence-electron chi connectivity index (χ4n) is 3.42. The Balaban J connectivity index is 1.28. The van der Waals surface area contributed by atoms with E-state index in [2.05, 4.69) is 22.3 Å². The summed E-state index contributed by atoms with van der Waals surface area (Å²) >= 11 is 0. The number of anilines is 1. The second-order valence-electron chi connectivity index (χ2n) is 7.12. The maximum atomic E-state index is 12.4. The largest absolute Gasteiger partial charge is 0.457 e. The van der Waals surface area contributed by atoms with Crippen LogP contribution in [0.2, 0.25) is 0 Å². The number of nitrogens with one attached hydrogen (secondary N) is 1. The minimum Gasteiger partial charge on any atom is -0.457 e. The number of benzene rings is 3.